The highest BCUT2D eigenvalue weighted by molar-refractivity contribution is 5.90. The quantitative estimate of drug-likeness (QED) is 0.697. The van der Waals surface area contributed by atoms with E-state index in [1.165, 1.54) is 4.90 Å². The number of pyridine rings is 1. The number of nitrogens with two attached hydrogens (primary N) is 2. The zero-order chi connectivity index (χ0) is 20.2. The predicted molar refractivity (Wildman–Crippen MR) is 111 cm³/mol. The third kappa shape index (κ3) is 5.32. The molecule has 0 bridgehead atoms. The lowest BCUT2D eigenvalue weighted by Gasteiger charge is -2.44. The lowest BCUT2D eigenvalue weighted by molar-refractivity contribution is 0.0491. The van der Waals surface area contributed by atoms with Crippen molar-refractivity contribution in [3.05, 3.63) is 36.0 Å². The van der Waals surface area contributed by atoms with E-state index < -0.39 is 6.09 Å². The standard InChI is InChI=1S/C11H22N2O2.C10H10N2/c1-11(2,3)13(10(14)15)9-7-5-4-6-8(9)12;1-7-6-9(11)8-4-2-3-5-10(8)12-7/h8-9H,4-7,12H2,1-3H3,(H,14,15);2-6H,1H3,(H2,11,12)/t8-,9+;/m1./s1. The van der Waals surface area contributed by atoms with E-state index in [1.54, 1.807) is 0 Å². The fraction of sp³-hybridized carbons (Fsp3) is 0.524. The molecule has 0 aliphatic heterocycles. The van der Waals surface area contributed by atoms with E-state index in [4.69, 9.17) is 11.5 Å². The average Bonchev–Trinajstić information content (AvgIpc) is 2.56. The number of anilines is 1. The highest BCUT2D eigenvalue weighted by Gasteiger charge is 2.37. The fourth-order valence-corrected chi connectivity index (χ4v) is 3.73. The van der Waals surface area contributed by atoms with Crippen LogP contribution in [0.5, 0.6) is 0 Å². The van der Waals surface area contributed by atoms with Gasteiger partial charge in [0.2, 0.25) is 0 Å². The van der Waals surface area contributed by atoms with Crippen molar-refractivity contribution in [2.45, 2.75) is 71.0 Å². The molecule has 148 valence electrons. The normalized spacial score (nSPS) is 19.9. The van der Waals surface area contributed by atoms with Crippen molar-refractivity contribution < 1.29 is 9.90 Å². The molecule has 0 spiro atoms. The molecule has 27 heavy (non-hydrogen) atoms. The number of carboxylic acid groups (broad SMARTS) is 1. The summed E-state index contributed by atoms with van der Waals surface area (Å²) >= 11 is 0. The Balaban J connectivity index is 0.000000198. The highest BCUT2D eigenvalue weighted by atomic mass is 16.4. The summed E-state index contributed by atoms with van der Waals surface area (Å²) in [5.74, 6) is 0. The van der Waals surface area contributed by atoms with E-state index in [0.29, 0.717) is 0 Å². The van der Waals surface area contributed by atoms with Crippen LogP contribution in [0, 0.1) is 6.92 Å². The van der Waals surface area contributed by atoms with Gasteiger partial charge in [-0.15, -0.1) is 0 Å². The number of rotatable bonds is 1. The SMILES string of the molecule is CC(C)(C)N(C(=O)O)[C@H]1CCCC[C@H]1N.Cc1cc(N)c2ccccc2n1. The van der Waals surface area contributed by atoms with Crippen molar-refractivity contribution in [1.82, 2.24) is 9.88 Å². The number of aryl methyl sites for hydroxylation is 1. The first-order chi connectivity index (χ1) is 12.6. The van der Waals surface area contributed by atoms with Gasteiger partial charge in [0.15, 0.2) is 0 Å². The predicted octanol–water partition coefficient (Wildman–Crippen LogP) is 4.16. The van der Waals surface area contributed by atoms with E-state index in [0.717, 1.165) is 48.0 Å². The average molecular weight is 373 g/mol. The van der Waals surface area contributed by atoms with Gasteiger partial charge in [0.05, 0.1) is 11.6 Å². The van der Waals surface area contributed by atoms with Gasteiger partial charge in [-0.3, -0.25) is 9.88 Å². The molecule has 1 fully saturated rings. The number of nitrogens with zero attached hydrogens (tertiary/aromatic N) is 2. The van der Waals surface area contributed by atoms with Crippen LogP contribution in [-0.4, -0.2) is 38.7 Å². The molecule has 1 aliphatic carbocycles. The Hall–Kier alpha value is -2.34. The van der Waals surface area contributed by atoms with Gasteiger partial charge >= 0.3 is 6.09 Å². The Kier molecular flexibility index (Phi) is 6.65. The lowest BCUT2D eigenvalue weighted by Crippen LogP contribution is -2.58. The largest absolute Gasteiger partial charge is 0.465 e. The number of amides is 1. The monoisotopic (exact) mass is 372 g/mol. The summed E-state index contributed by atoms with van der Waals surface area (Å²) in [6.07, 6.45) is 3.17. The minimum atomic E-state index is -0.857. The molecule has 1 aromatic carbocycles. The number of hydrogen-bond donors (Lipinski definition) is 3. The van der Waals surface area contributed by atoms with Gasteiger partial charge in [-0.2, -0.15) is 0 Å². The Morgan fingerprint density at radius 3 is 2.44 bits per heavy atom. The summed E-state index contributed by atoms with van der Waals surface area (Å²) in [4.78, 5) is 17.1. The summed E-state index contributed by atoms with van der Waals surface area (Å²) in [6, 6.07) is 9.76. The molecule has 6 heteroatoms. The van der Waals surface area contributed by atoms with Crippen molar-refractivity contribution >= 4 is 22.7 Å². The van der Waals surface area contributed by atoms with Gasteiger partial charge in [-0.25, -0.2) is 4.79 Å². The van der Waals surface area contributed by atoms with Crippen molar-refractivity contribution in [1.29, 1.82) is 0 Å². The molecule has 0 radical (unpaired) electrons. The van der Waals surface area contributed by atoms with E-state index in [-0.39, 0.29) is 17.6 Å². The summed E-state index contributed by atoms with van der Waals surface area (Å²) in [7, 11) is 0. The Labute approximate surface area is 161 Å². The maximum Gasteiger partial charge on any atom is 0.408 e. The second-order valence-corrected chi connectivity index (χ2v) is 8.21. The van der Waals surface area contributed by atoms with Crippen LogP contribution in [0.4, 0.5) is 10.5 Å². The molecule has 1 aliphatic rings. The van der Waals surface area contributed by atoms with Crippen LogP contribution in [0.15, 0.2) is 30.3 Å². The lowest BCUT2D eigenvalue weighted by atomic mass is 9.87. The minimum absolute atomic E-state index is 0.00549. The van der Waals surface area contributed by atoms with E-state index in [9.17, 15) is 9.90 Å². The van der Waals surface area contributed by atoms with Crippen LogP contribution in [-0.2, 0) is 0 Å². The molecule has 6 nitrogen and oxygen atoms in total. The number of aromatic nitrogens is 1. The van der Waals surface area contributed by atoms with Crippen molar-refractivity contribution in [2.24, 2.45) is 5.73 Å². The molecule has 1 aromatic heterocycles. The van der Waals surface area contributed by atoms with Crippen molar-refractivity contribution in [3.63, 3.8) is 0 Å². The zero-order valence-corrected chi connectivity index (χ0v) is 16.8. The number of fused-ring (bicyclic) bond motifs is 1. The van der Waals surface area contributed by atoms with Crippen LogP contribution in [0.25, 0.3) is 10.9 Å². The number of para-hydroxylation sites is 1. The Morgan fingerprint density at radius 2 is 1.85 bits per heavy atom. The molecule has 1 amide bonds. The first-order valence-corrected chi connectivity index (χ1v) is 9.51. The maximum atomic E-state index is 11.3. The molecular formula is C21H32N4O2. The van der Waals surface area contributed by atoms with E-state index >= 15 is 0 Å². The Bertz CT molecular complexity index is 785. The highest BCUT2D eigenvalue weighted by Crippen LogP contribution is 2.27. The van der Waals surface area contributed by atoms with Crippen molar-refractivity contribution in [3.8, 4) is 0 Å². The number of carbonyl (C=O) groups is 1. The first kappa shape index (κ1) is 21.0. The summed E-state index contributed by atoms with van der Waals surface area (Å²) in [5.41, 5.74) is 14.2. The minimum Gasteiger partial charge on any atom is -0.465 e. The second-order valence-electron chi connectivity index (χ2n) is 8.21. The number of benzene rings is 1. The number of nitrogen functional groups attached to an aromatic ring is 1. The molecule has 1 heterocycles. The maximum absolute atomic E-state index is 11.3. The summed E-state index contributed by atoms with van der Waals surface area (Å²) < 4.78 is 0. The smallest absolute Gasteiger partial charge is 0.408 e. The van der Waals surface area contributed by atoms with Crippen molar-refractivity contribution in [2.75, 3.05) is 5.73 Å². The van der Waals surface area contributed by atoms with E-state index in [2.05, 4.69) is 4.98 Å². The van der Waals surface area contributed by atoms with Crippen LogP contribution in [0.2, 0.25) is 0 Å². The molecule has 2 atom stereocenters. The Morgan fingerprint density at radius 1 is 1.22 bits per heavy atom. The molecule has 2 aromatic rings. The summed E-state index contributed by atoms with van der Waals surface area (Å²) in [5, 5.41) is 10.3. The molecule has 0 unspecified atom stereocenters. The zero-order valence-electron chi connectivity index (χ0n) is 16.8. The van der Waals surface area contributed by atoms with Gasteiger partial charge < -0.3 is 16.6 Å². The third-order valence-electron chi connectivity index (χ3n) is 4.92. The van der Waals surface area contributed by atoms with Gasteiger partial charge in [-0.05, 0) is 52.7 Å². The topological polar surface area (TPSA) is 105 Å². The van der Waals surface area contributed by atoms with Crippen LogP contribution < -0.4 is 11.5 Å². The molecule has 3 rings (SSSR count). The van der Waals surface area contributed by atoms with Gasteiger partial charge in [0.25, 0.3) is 0 Å². The summed E-state index contributed by atoms with van der Waals surface area (Å²) in [6.45, 7) is 7.70. The van der Waals surface area contributed by atoms with Gasteiger partial charge in [0.1, 0.15) is 0 Å². The van der Waals surface area contributed by atoms with Crippen LogP contribution in [0.1, 0.15) is 52.1 Å². The second kappa shape index (κ2) is 8.57. The molecule has 1 saturated carbocycles. The molecular weight excluding hydrogens is 340 g/mol. The van der Waals surface area contributed by atoms with Gasteiger partial charge in [0, 0.05) is 28.3 Å². The van der Waals surface area contributed by atoms with Crippen LogP contribution in [0.3, 0.4) is 0 Å². The van der Waals surface area contributed by atoms with Gasteiger partial charge in [-0.1, -0.05) is 31.0 Å². The number of hydrogen-bond acceptors (Lipinski definition) is 4. The molecule has 0 saturated heterocycles. The fourth-order valence-electron chi connectivity index (χ4n) is 3.73. The van der Waals surface area contributed by atoms with E-state index in [1.807, 2.05) is 58.0 Å². The van der Waals surface area contributed by atoms with Crippen LogP contribution >= 0.6 is 0 Å². The molecule has 5 N–H and O–H groups in total. The first-order valence-electron chi connectivity index (χ1n) is 9.51. The third-order valence-corrected chi connectivity index (χ3v) is 4.92.